The van der Waals surface area contributed by atoms with Gasteiger partial charge in [0.25, 0.3) is 0 Å². The Hall–Kier alpha value is -1.61. The van der Waals surface area contributed by atoms with E-state index in [1.54, 1.807) is 6.26 Å². The monoisotopic (exact) mass is 233 g/mol. The molecule has 2 rings (SSSR count). The molecule has 1 aromatic carbocycles. The maximum absolute atomic E-state index is 12.8. The largest absolute Gasteiger partial charge is 0.469 e. The van der Waals surface area contributed by atoms with Gasteiger partial charge in [-0.05, 0) is 43.3 Å². The zero-order valence-corrected chi connectivity index (χ0v) is 9.82. The highest BCUT2D eigenvalue weighted by Crippen LogP contribution is 2.19. The Labute approximate surface area is 100 Å². The van der Waals surface area contributed by atoms with Gasteiger partial charge in [0.05, 0.1) is 6.26 Å². The minimum Gasteiger partial charge on any atom is -0.469 e. The van der Waals surface area contributed by atoms with Crippen LogP contribution in [0.2, 0.25) is 0 Å². The Morgan fingerprint density at radius 3 is 2.59 bits per heavy atom. The van der Waals surface area contributed by atoms with Crippen molar-refractivity contribution in [2.24, 2.45) is 0 Å². The molecule has 17 heavy (non-hydrogen) atoms. The number of benzene rings is 1. The Morgan fingerprint density at radius 2 is 2.00 bits per heavy atom. The molecule has 1 unspecified atom stereocenters. The lowest BCUT2D eigenvalue weighted by Crippen LogP contribution is -2.17. The molecule has 1 heterocycles. The molecule has 0 saturated heterocycles. The fraction of sp³-hybridized carbons (Fsp3) is 0.286. The summed E-state index contributed by atoms with van der Waals surface area (Å²) in [6.45, 7) is 0. The third-order valence-corrected chi connectivity index (χ3v) is 2.88. The van der Waals surface area contributed by atoms with Crippen LogP contribution in [0.25, 0.3) is 0 Å². The predicted molar refractivity (Wildman–Crippen MR) is 65.2 cm³/mol. The molecule has 0 aliphatic rings. The number of hydrogen-bond acceptors (Lipinski definition) is 2. The molecule has 0 radical (unpaired) electrons. The first-order chi connectivity index (χ1) is 8.29. The first kappa shape index (κ1) is 11.9. The highest BCUT2D eigenvalue weighted by Gasteiger charge is 2.10. The van der Waals surface area contributed by atoms with E-state index >= 15 is 0 Å². The molecule has 2 aromatic rings. The SMILES string of the molecule is CNC(CCc1ccco1)c1ccc(F)cc1. The van der Waals surface area contributed by atoms with E-state index in [0.717, 1.165) is 24.2 Å². The lowest BCUT2D eigenvalue weighted by molar-refractivity contribution is 0.469. The van der Waals surface area contributed by atoms with Gasteiger partial charge in [0.15, 0.2) is 0 Å². The van der Waals surface area contributed by atoms with Crippen molar-refractivity contribution in [3.8, 4) is 0 Å². The highest BCUT2D eigenvalue weighted by atomic mass is 19.1. The molecule has 0 aliphatic heterocycles. The van der Waals surface area contributed by atoms with Crippen LogP contribution in [-0.2, 0) is 6.42 Å². The second-order valence-electron chi connectivity index (χ2n) is 4.01. The molecule has 0 amide bonds. The van der Waals surface area contributed by atoms with E-state index in [2.05, 4.69) is 5.32 Å². The number of hydrogen-bond donors (Lipinski definition) is 1. The lowest BCUT2D eigenvalue weighted by Gasteiger charge is -2.15. The first-order valence-corrected chi connectivity index (χ1v) is 5.74. The Morgan fingerprint density at radius 1 is 1.24 bits per heavy atom. The minimum atomic E-state index is -0.199. The van der Waals surface area contributed by atoms with Gasteiger partial charge in [-0.15, -0.1) is 0 Å². The summed E-state index contributed by atoms with van der Waals surface area (Å²) in [5, 5.41) is 3.24. The van der Waals surface area contributed by atoms with Crippen LogP contribution >= 0.6 is 0 Å². The van der Waals surface area contributed by atoms with Crippen LogP contribution in [0.15, 0.2) is 47.1 Å². The Bertz CT molecular complexity index is 436. The van der Waals surface area contributed by atoms with E-state index in [-0.39, 0.29) is 11.9 Å². The molecule has 1 atom stereocenters. The van der Waals surface area contributed by atoms with Crippen LogP contribution in [0, 0.1) is 5.82 Å². The molecule has 90 valence electrons. The van der Waals surface area contributed by atoms with Gasteiger partial charge in [-0.3, -0.25) is 0 Å². The molecule has 0 fully saturated rings. The number of nitrogens with one attached hydrogen (secondary N) is 1. The van der Waals surface area contributed by atoms with Crippen molar-refractivity contribution in [3.05, 3.63) is 59.8 Å². The average molecular weight is 233 g/mol. The van der Waals surface area contributed by atoms with Gasteiger partial charge in [0.2, 0.25) is 0 Å². The van der Waals surface area contributed by atoms with Crippen molar-refractivity contribution in [3.63, 3.8) is 0 Å². The van der Waals surface area contributed by atoms with Crippen LogP contribution in [0.1, 0.15) is 23.8 Å². The van der Waals surface area contributed by atoms with E-state index in [0.29, 0.717) is 0 Å². The van der Waals surface area contributed by atoms with Crippen molar-refractivity contribution < 1.29 is 8.81 Å². The smallest absolute Gasteiger partial charge is 0.123 e. The molecule has 2 nitrogen and oxygen atoms in total. The van der Waals surface area contributed by atoms with Crippen molar-refractivity contribution in [2.75, 3.05) is 7.05 Å². The molecule has 0 aliphatic carbocycles. The summed E-state index contributed by atoms with van der Waals surface area (Å²) in [7, 11) is 1.91. The van der Waals surface area contributed by atoms with Gasteiger partial charge in [-0.2, -0.15) is 0 Å². The lowest BCUT2D eigenvalue weighted by atomic mass is 10.0. The standard InChI is InChI=1S/C14H16FNO/c1-16-14(9-8-13-3-2-10-17-13)11-4-6-12(15)7-5-11/h2-7,10,14,16H,8-9H2,1H3. The van der Waals surface area contributed by atoms with Gasteiger partial charge in [-0.25, -0.2) is 4.39 Å². The maximum Gasteiger partial charge on any atom is 0.123 e. The second-order valence-corrected chi connectivity index (χ2v) is 4.01. The Kier molecular flexibility index (Phi) is 3.94. The molecule has 3 heteroatoms. The van der Waals surface area contributed by atoms with Gasteiger partial charge in [-0.1, -0.05) is 12.1 Å². The van der Waals surface area contributed by atoms with Gasteiger partial charge in [0, 0.05) is 12.5 Å². The fourth-order valence-corrected chi connectivity index (χ4v) is 1.91. The van der Waals surface area contributed by atoms with Crippen LogP contribution < -0.4 is 5.32 Å². The number of rotatable bonds is 5. The summed E-state index contributed by atoms with van der Waals surface area (Å²) in [4.78, 5) is 0. The number of furan rings is 1. The molecule has 1 N–H and O–H groups in total. The molecular weight excluding hydrogens is 217 g/mol. The van der Waals surface area contributed by atoms with Crippen LogP contribution in [0.5, 0.6) is 0 Å². The zero-order chi connectivity index (χ0) is 12.1. The number of aryl methyl sites for hydroxylation is 1. The summed E-state index contributed by atoms with van der Waals surface area (Å²) in [6.07, 6.45) is 3.48. The average Bonchev–Trinajstić information content (AvgIpc) is 2.85. The summed E-state index contributed by atoms with van der Waals surface area (Å²) in [5.41, 5.74) is 1.10. The van der Waals surface area contributed by atoms with E-state index in [1.807, 2.05) is 31.3 Å². The van der Waals surface area contributed by atoms with E-state index < -0.39 is 0 Å². The van der Waals surface area contributed by atoms with Crippen molar-refractivity contribution in [2.45, 2.75) is 18.9 Å². The van der Waals surface area contributed by atoms with Crippen LogP contribution in [0.3, 0.4) is 0 Å². The Balaban J connectivity index is 1.99. The highest BCUT2D eigenvalue weighted by molar-refractivity contribution is 5.20. The third kappa shape index (κ3) is 3.17. The van der Waals surface area contributed by atoms with E-state index in [4.69, 9.17) is 4.42 Å². The predicted octanol–water partition coefficient (Wildman–Crippen LogP) is 3.31. The molecule has 1 aromatic heterocycles. The maximum atomic E-state index is 12.8. The molecule has 0 spiro atoms. The van der Waals surface area contributed by atoms with Gasteiger partial charge < -0.3 is 9.73 Å². The summed E-state index contributed by atoms with van der Waals surface area (Å²) in [5.74, 6) is 0.780. The molecule has 0 bridgehead atoms. The van der Waals surface area contributed by atoms with Crippen molar-refractivity contribution in [1.29, 1.82) is 0 Å². The van der Waals surface area contributed by atoms with E-state index in [1.165, 1.54) is 12.1 Å². The summed E-state index contributed by atoms with van der Waals surface area (Å²) >= 11 is 0. The fourth-order valence-electron chi connectivity index (χ4n) is 1.91. The van der Waals surface area contributed by atoms with Crippen LogP contribution in [0.4, 0.5) is 4.39 Å². The minimum absolute atomic E-state index is 0.199. The molecule has 0 saturated carbocycles. The second kappa shape index (κ2) is 5.64. The quantitative estimate of drug-likeness (QED) is 0.857. The first-order valence-electron chi connectivity index (χ1n) is 5.74. The zero-order valence-electron chi connectivity index (χ0n) is 9.82. The topological polar surface area (TPSA) is 25.2 Å². The third-order valence-electron chi connectivity index (χ3n) is 2.88. The summed E-state index contributed by atoms with van der Waals surface area (Å²) in [6, 6.07) is 10.7. The van der Waals surface area contributed by atoms with Crippen molar-refractivity contribution in [1.82, 2.24) is 5.32 Å². The molecular formula is C14H16FNO. The van der Waals surface area contributed by atoms with Gasteiger partial charge in [0.1, 0.15) is 11.6 Å². The van der Waals surface area contributed by atoms with E-state index in [9.17, 15) is 4.39 Å². The normalized spacial score (nSPS) is 12.6. The number of halogens is 1. The van der Waals surface area contributed by atoms with Crippen LogP contribution in [-0.4, -0.2) is 7.05 Å². The summed E-state index contributed by atoms with van der Waals surface area (Å²) < 4.78 is 18.1. The van der Waals surface area contributed by atoms with Gasteiger partial charge >= 0.3 is 0 Å². The van der Waals surface area contributed by atoms with Crippen molar-refractivity contribution >= 4 is 0 Å².